The number of piperidine rings is 1. The third-order valence-electron chi connectivity index (χ3n) is 5.83. The van der Waals surface area contributed by atoms with Crippen molar-refractivity contribution in [2.45, 2.75) is 37.9 Å². The number of benzene rings is 1. The van der Waals surface area contributed by atoms with Crippen molar-refractivity contribution >= 4 is 11.8 Å². The first-order chi connectivity index (χ1) is 14.9. The van der Waals surface area contributed by atoms with Crippen LogP contribution in [0.4, 0.5) is 4.39 Å². The first-order valence-electron chi connectivity index (χ1n) is 10.0. The number of fused-ring (bicyclic) bond motifs is 1. The van der Waals surface area contributed by atoms with E-state index >= 15 is 0 Å². The summed E-state index contributed by atoms with van der Waals surface area (Å²) in [6.45, 7) is 2.44. The molecule has 9 heteroatoms. The van der Waals surface area contributed by atoms with Gasteiger partial charge in [-0.15, -0.1) is 0 Å². The number of nitrogens with zero attached hydrogens (tertiary/aromatic N) is 2. The summed E-state index contributed by atoms with van der Waals surface area (Å²) in [7, 11) is 1.43. The van der Waals surface area contributed by atoms with E-state index in [0.29, 0.717) is 18.5 Å². The fourth-order valence-corrected chi connectivity index (χ4v) is 4.29. The van der Waals surface area contributed by atoms with Crippen LogP contribution in [-0.4, -0.2) is 44.2 Å². The maximum Gasteiger partial charge on any atom is 0.247 e. The van der Waals surface area contributed by atoms with Gasteiger partial charge < -0.3 is 20.7 Å². The Morgan fingerprint density at radius 3 is 2.84 bits per heavy atom. The number of carbonyl (C=O) groups excluding carboxylic acids is 2. The Balaban J connectivity index is 1.80. The Morgan fingerprint density at radius 2 is 2.19 bits per heavy atom. The molecule has 0 aliphatic carbocycles. The zero-order valence-electron chi connectivity index (χ0n) is 17.4. The minimum atomic E-state index is -0.784. The molecule has 0 radical (unpaired) electrons. The quantitative estimate of drug-likeness (QED) is 0.629. The summed E-state index contributed by atoms with van der Waals surface area (Å²) in [4.78, 5) is 25.4. The van der Waals surface area contributed by atoms with Crippen molar-refractivity contribution in [3.63, 3.8) is 0 Å². The van der Waals surface area contributed by atoms with Gasteiger partial charge in [0.05, 0.1) is 36.8 Å². The first-order valence-corrected chi connectivity index (χ1v) is 10.0. The first kappa shape index (κ1) is 22.4. The minimum absolute atomic E-state index is 0.0178. The van der Waals surface area contributed by atoms with E-state index in [-0.39, 0.29) is 42.0 Å². The van der Waals surface area contributed by atoms with Gasteiger partial charge in [0.15, 0.2) is 0 Å². The predicted molar refractivity (Wildman–Crippen MR) is 109 cm³/mol. The van der Waals surface area contributed by atoms with E-state index in [9.17, 15) is 19.2 Å². The van der Waals surface area contributed by atoms with Crippen LogP contribution in [0.5, 0.6) is 0 Å². The van der Waals surface area contributed by atoms with Gasteiger partial charge in [-0.3, -0.25) is 9.59 Å². The molecule has 2 amide bonds. The number of hydrogen-bond acceptors (Lipinski definition) is 6. The molecule has 1 aromatic carbocycles. The maximum absolute atomic E-state index is 14.4. The highest BCUT2D eigenvalue weighted by Gasteiger charge is 2.41. The van der Waals surface area contributed by atoms with Gasteiger partial charge in [0.25, 0.3) is 0 Å². The molecule has 3 rings (SSSR count). The van der Waals surface area contributed by atoms with Crippen LogP contribution < -0.4 is 16.0 Å². The van der Waals surface area contributed by atoms with Gasteiger partial charge in [-0.05, 0) is 32.0 Å². The number of carbonyl (C=O) groups is 2. The molecule has 2 aliphatic rings. The van der Waals surface area contributed by atoms with E-state index in [1.807, 2.05) is 6.07 Å². The Morgan fingerprint density at radius 1 is 1.42 bits per heavy atom. The Labute approximate surface area is 180 Å². The van der Waals surface area contributed by atoms with E-state index in [0.717, 1.165) is 11.6 Å². The second-order valence-electron chi connectivity index (χ2n) is 7.72. The van der Waals surface area contributed by atoms with Crippen LogP contribution in [0.2, 0.25) is 0 Å². The number of ether oxygens (including phenoxy) is 1. The van der Waals surface area contributed by atoms with E-state index in [2.05, 4.69) is 22.0 Å². The van der Waals surface area contributed by atoms with Gasteiger partial charge in [-0.25, -0.2) is 4.39 Å². The monoisotopic (exact) mass is 425 g/mol. The SMILES string of the molecule is COC[C@H](NC(=O)CC1=C(C)C2C(C#N)NCCC2NC1=O)c1ccc(C#N)cc1F. The topological polar surface area (TPSA) is 127 Å². The van der Waals surface area contributed by atoms with Crippen molar-refractivity contribution in [1.29, 1.82) is 10.5 Å². The van der Waals surface area contributed by atoms with E-state index in [1.54, 1.807) is 6.92 Å². The standard InChI is InChI=1S/C22H24FN5O3/c1-12-15(22(30)28-17-5-6-26-18(10-25)21(12)17)8-20(29)27-19(11-31-2)14-4-3-13(9-24)7-16(14)23/h3-4,7,17-19,21,26H,5-6,8,11H2,1-2H3,(H,27,29)(H,28,30)/t17?,18?,19-,21?/m0/s1. The molecule has 0 bridgehead atoms. The molecule has 0 aromatic heterocycles. The number of nitrogens with one attached hydrogen (secondary N) is 3. The summed E-state index contributed by atoms with van der Waals surface area (Å²) in [5, 5.41) is 27.1. The molecule has 3 unspecified atom stereocenters. The molecular formula is C22H24FN5O3. The Kier molecular flexibility index (Phi) is 7.01. The predicted octanol–water partition coefficient (Wildman–Crippen LogP) is 1.21. The van der Waals surface area contributed by atoms with Crippen LogP contribution in [0.25, 0.3) is 0 Å². The number of hydrogen-bond donors (Lipinski definition) is 3. The van der Waals surface area contributed by atoms with Crippen molar-refractivity contribution in [1.82, 2.24) is 16.0 Å². The molecule has 2 heterocycles. The number of halogens is 1. The van der Waals surface area contributed by atoms with Gasteiger partial charge >= 0.3 is 0 Å². The second kappa shape index (κ2) is 9.69. The fourth-order valence-electron chi connectivity index (χ4n) is 4.29. The van der Waals surface area contributed by atoms with E-state index in [1.165, 1.54) is 19.2 Å². The van der Waals surface area contributed by atoms with Crippen molar-refractivity contribution in [3.8, 4) is 12.1 Å². The maximum atomic E-state index is 14.4. The molecule has 0 saturated carbocycles. The zero-order chi connectivity index (χ0) is 22.5. The van der Waals surface area contributed by atoms with Crippen molar-refractivity contribution in [2.75, 3.05) is 20.3 Å². The molecule has 3 N–H and O–H groups in total. The molecule has 162 valence electrons. The van der Waals surface area contributed by atoms with Gasteiger partial charge in [0.1, 0.15) is 11.9 Å². The Hall–Kier alpha value is -3.27. The van der Waals surface area contributed by atoms with Gasteiger partial charge in [0, 0.05) is 30.2 Å². The minimum Gasteiger partial charge on any atom is -0.382 e. The zero-order valence-corrected chi connectivity index (χ0v) is 17.4. The van der Waals surface area contributed by atoms with Crippen molar-refractivity contribution in [3.05, 3.63) is 46.3 Å². The molecule has 0 spiro atoms. The summed E-state index contributed by atoms with van der Waals surface area (Å²) in [5.74, 6) is -1.61. The molecule has 1 fully saturated rings. The number of rotatable bonds is 6. The molecule has 4 atom stereocenters. The van der Waals surface area contributed by atoms with Gasteiger partial charge in [0.2, 0.25) is 11.8 Å². The van der Waals surface area contributed by atoms with E-state index < -0.39 is 23.8 Å². The lowest BCUT2D eigenvalue weighted by Crippen LogP contribution is -2.58. The highest BCUT2D eigenvalue weighted by atomic mass is 19.1. The molecule has 1 aromatic rings. The number of amides is 2. The lowest BCUT2D eigenvalue weighted by atomic mass is 9.76. The van der Waals surface area contributed by atoms with E-state index in [4.69, 9.17) is 10.00 Å². The molecule has 31 heavy (non-hydrogen) atoms. The highest BCUT2D eigenvalue weighted by Crippen LogP contribution is 2.32. The van der Waals surface area contributed by atoms with Gasteiger partial charge in [-0.2, -0.15) is 10.5 Å². The van der Waals surface area contributed by atoms with Crippen molar-refractivity contribution in [2.24, 2.45) is 5.92 Å². The molecular weight excluding hydrogens is 401 g/mol. The summed E-state index contributed by atoms with van der Waals surface area (Å²) >= 11 is 0. The summed E-state index contributed by atoms with van der Waals surface area (Å²) in [6.07, 6.45) is 0.510. The lowest BCUT2D eigenvalue weighted by Gasteiger charge is -2.41. The average molecular weight is 425 g/mol. The van der Waals surface area contributed by atoms with Crippen LogP contribution in [0.3, 0.4) is 0 Å². The highest BCUT2D eigenvalue weighted by molar-refractivity contribution is 6.00. The van der Waals surface area contributed by atoms with Crippen LogP contribution >= 0.6 is 0 Å². The third kappa shape index (κ3) is 4.74. The van der Waals surface area contributed by atoms with Crippen LogP contribution in [0.15, 0.2) is 29.3 Å². The fraction of sp³-hybridized carbons (Fsp3) is 0.455. The normalized spacial score (nSPS) is 23.8. The number of nitriles is 2. The summed E-state index contributed by atoms with van der Waals surface area (Å²) < 4.78 is 19.6. The van der Waals surface area contributed by atoms with Gasteiger partial charge in [-0.1, -0.05) is 11.6 Å². The smallest absolute Gasteiger partial charge is 0.247 e. The van der Waals surface area contributed by atoms with Crippen LogP contribution in [0, 0.1) is 34.4 Å². The van der Waals surface area contributed by atoms with Crippen molar-refractivity contribution < 1.29 is 18.7 Å². The third-order valence-corrected chi connectivity index (χ3v) is 5.83. The average Bonchev–Trinajstić information content (AvgIpc) is 2.75. The molecule has 1 saturated heterocycles. The summed E-state index contributed by atoms with van der Waals surface area (Å²) in [5.41, 5.74) is 1.40. The molecule has 8 nitrogen and oxygen atoms in total. The largest absolute Gasteiger partial charge is 0.382 e. The second-order valence-corrected chi connectivity index (χ2v) is 7.72. The van der Waals surface area contributed by atoms with Crippen LogP contribution in [-0.2, 0) is 14.3 Å². The lowest BCUT2D eigenvalue weighted by molar-refractivity contribution is -0.125. The summed E-state index contributed by atoms with van der Waals surface area (Å²) in [6, 6.07) is 6.73. The Bertz CT molecular complexity index is 994. The number of methoxy groups -OCH3 is 1. The van der Waals surface area contributed by atoms with Crippen LogP contribution in [0.1, 0.15) is 36.9 Å². The molecule has 2 aliphatic heterocycles.